The molecule has 0 radical (unpaired) electrons. The first-order chi connectivity index (χ1) is 17.9. The van der Waals surface area contributed by atoms with E-state index in [4.69, 9.17) is 16.7 Å². The Kier molecular flexibility index (Phi) is 7.12. The number of fused-ring (bicyclic) bond motifs is 1. The summed E-state index contributed by atoms with van der Waals surface area (Å²) in [5, 5.41) is 11.9. The van der Waals surface area contributed by atoms with Gasteiger partial charge in [0, 0.05) is 22.0 Å². The van der Waals surface area contributed by atoms with E-state index in [0.29, 0.717) is 38.6 Å². The predicted molar refractivity (Wildman–Crippen MR) is 147 cm³/mol. The number of aryl methyl sites for hydroxylation is 1. The standard InChI is InChI=1S/C28H24ClN5O2S/c1-17-8-10-19(11-9-17)23(35)16-37-28-32-27-30-18(2)24(26(36)31-22-6-4-3-5-7-22)25(34(27)33-28)20-12-14-21(29)15-13-20/h3-15,25H,16H2,1-2H3,(H,31,36)(H,30,32,33)/t25-/m0/s1. The van der Waals surface area contributed by atoms with Crippen LogP contribution in [0.5, 0.6) is 0 Å². The Morgan fingerprint density at radius 3 is 2.41 bits per heavy atom. The number of benzene rings is 3. The van der Waals surface area contributed by atoms with Crippen molar-refractivity contribution in [2.24, 2.45) is 0 Å². The molecule has 0 bridgehead atoms. The lowest BCUT2D eigenvalue weighted by molar-refractivity contribution is -0.113. The van der Waals surface area contributed by atoms with Gasteiger partial charge in [0.1, 0.15) is 6.04 Å². The van der Waals surface area contributed by atoms with Gasteiger partial charge >= 0.3 is 0 Å². The number of hydrogen-bond acceptors (Lipinski definition) is 6. The number of allylic oxidation sites excluding steroid dienone is 1. The van der Waals surface area contributed by atoms with Gasteiger partial charge in [0.2, 0.25) is 11.1 Å². The Bertz CT molecular complexity index is 1480. The molecule has 3 aromatic carbocycles. The molecule has 2 heterocycles. The van der Waals surface area contributed by atoms with Gasteiger partial charge < -0.3 is 10.6 Å². The molecule has 1 atom stereocenters. The first-order valence-electron chi connectivity index (χ1n) is 11.7. The molecule has 0 spiro atoms. The van der Waals surface area contributed by atoms with E-state index >= 15 is 0 Å². The van der Waals surface area contributed by atoms with E-state index in [0.717, 1.165) is 11.1 Å². The van der Waals surface area contributed by atoms with Crippen molar-refractivity contribution in [2.75, 3.05) is 16.4 Å². The lowest BCUT2D eigenvalue weighted by Gasteiger charge is -2.28. The van der Waals surface area contributed by atoms with E-state index in [2.05, 4.69) is 15.6 Å². The van der Waals surface area contributed by atoms with Crippen LogP contribution >= 0.6 is 23.4 Å². The third-order valence-corrected chi connectivity index (χ3v) is 7.09. The Morgan fingerprint density at radius 2 is 1.70 bits per heavy atom. The second-order valence-electron chi connectivity index (χ2n) is 8.68. The number of thioether (sulfide) groups is 1. The van der Waals surface area contributed by atoms with E-state index in [1.54, 1.807) is 16.8 Å². The Hall–Kier alpha value is -3.88. The van der Waals surface area contributed by atoms with Crippen LogP contribution in [0.15, 0.2) is 95.3 Å². The molecule has 0 aliphatic carbocycles. The number of carbonyl (C=O) groups excluding carboxylic acids is 2. The molecule has 0 saturated carbocycles. The summed E-state index contributed by atoms with van der Waals surface area (Å²) in [7, 11) is 0. The molecule has 5 rings (SSSR count). The fraction of sp³-hybridized carbons (Fsp3) is 0.143. The fourth-order valence-corrected chi connectivity index (χ4v) is 4.96. The van der Waals surface area contributed by atoms with Crippen LogP contribution in [0.25, 0.3) is 0 Å². The average molecular weight is 530 g/mol. The van der Waals surface area contributed by atoms with Crippen LogP contribution in [-0.2, 0) is 4.79 Å². The lowest BCUT2D eigenvalue weighted by Crippen LogP contribution is -2.31. The van der Waals surface area contributed by atoms with Crippen molar-refractivity contribution in [3.8, 4) is 0 Å². The highest BCUT2D eigenvalue weighted by atomic mass is 35.5. The van der Waals surface area contributed by atoms with Crippen molar-refractivity contribution in [3.05, 3.63) is 112 Å². The summed E-state index contributed by atoms with van der Waals surface area (Å²) in [6, 6.07) is 23.6. The van der Waals surface area contributed by atoms with Crippen molar-refractivity contribution >= 4 is 46.7 Å². The molecule has 37 heavy (non-hydrogen) atoms. The van der Waals surface area contributed by atoms with Crippen molar-refractivity contribution in [2.45, 2.75) is 25.0 Å². The maximum Gasteiger partial charge on any atom is 0.255 e. The fourth-order valence-electron chi connectivity index (χ4n) is 4.11. The number of Topliss-reactive ketones (excluding diaryl/α,β-unsaturated/α-hetero) is 1. The number of rotatable bonds is 7. The topological polar surface area (TPSA) is 88.9 Å². The minimum Gasteiger partial charge on any atom is -0.328 e. The quantitative estimate of drug-likeness (QED) is 0.221. The SMILES string of the molecule is CC1=C(C(=O)Nc2ccccc2)[C@H](c2ccc(Cl)cc2)n2nc(SCC(=O)c3ccc(C)cc3)nc2N1. The van der Waals surface area contributed by atoms with Gasteiger partial charge in [0.15, 0.2) is 5.78 Å². The summed E-state index contributed by atoms with van der Waals surface area (Å²) in [5.41, 5.74) is 4.45. The Morgan fingerprint density at radius 1 is 1.00 bits per heavy atom. The van der Waals surface area contributed by atoms with E-state index in [1.807, 2.05) is 80.6 Å². The van der Waals surface area contributed by atoms with Crippen LogP contribution in [0.3, 0.4) is 0 Å². The number of nitrogens with one attached hydrogen (secondary N) is 2. The predicted octanol–water partition coefficient (Wildman–Crippen LogP) is 6.14. The van der Waals surface area contributed by atoms with Gasteiger partial charge in [-0.05, 0) is 43.7 Å². The van der Waals surface area contributed by atoms with Crippen LogP contribution in [0, 0.1) is 6.92 Å². The second kappa shape index (κ2) is 10.6. The van der Waals surface area contributed by atoms with Gasteiger partial charge in [-0.25, -0.2) is 4.68 Å². The molecule has 186 valence electrons. The summed E-state index contributed by atoms with van der Waals surface area (Å²) in [5.74, 6) is 0.448. The number of nitrogens with zero attached hydrogens (tertiary/aromatic N) is 3. The molecule has 7 nitrogen and oxygen atoms in total. The van der Waals surface area contributed by atoms with Gasteiger partial charge in [-0.1, -0.05) is 83.5 Å². The van der Waals surface area contributed by atoms with E-state index in [1.165, 1.54) is 11.8 Å². The third-order valence-electron chi connectivity index (χ3n) is 6.00. The zero-order chi connectivity index (χ0) is 25.9. The largest absolute Gasteiger partial charge is 0.328 e. The van der Waals surface area contributed by atoms with Crippen LogP contribution in [0.4, 0.5) is 11.6 Å². The molecule has 9 heteroatoms. The molecule has 0 saturated heterocycles. The summed E-state index contributed by atoms with van der Waals surface area (Å²) >= 11 is 7.41. The number of anilines is 2. The zero-order valence-electron chi connectivity index (χ0n) is 20.2. The molecule has 0 fully saturated rings. The van der Waals surface area contributed by atoms with Gasteiger partial charge in [-0.3, -0.25) is 9.59 Å². The highest BCUT2D eigenvalue weighted by molar-refractivity contribution is 7.99. The van der Waals surface area contributed by atoms with Gasteiger partial charge in [-0.15, -0.1) is 5.10 Å². The van der Waals surface area contributed by atoms with Gasteiger partial charge in [0.05, 0.1) is 11.3 Å². The zero-order valence-corrected chi connectivity index (χ0v) is 21.8. The van der Waals surface area contributed by atoms with Crippen LogP contribution in [0.2, 0.25) is 5.02 Å². The maximum atomic E-state index is 13.5. The summed E-state index contributed by atoms with van der Waals surface area (Å²) in [6.07, 6.45) is 0. The third kappa shape index (κ3) is 5.45. The van der Waals surface area contributed by atoms with Crippen LogP contribution in [0.1, 0.15) is 34.5 Å². The van der Waals surface area contributed by atoms with Crippen molar-refractivity contribution in [3.63, 3.8) is 0 Å². The number of halogens is 1. The van der Waals surface area contributed by atoms with Crippen LogP contribution in [-0.4, -0.2) is 32.2 Å². The number of hydrogen-bond donors (Lipinski definition) is 2. The van der Waals surface area contributed by atoms with Crippen molar-refractivity contribution < 1.29 is 9.59 Å². The van der Waals surface area contributed by atoms with Crippen molar-refractivity contribution in [1.29, 1.82) is 0 Å². The van der Waals surface area contributed by atoms with Crippen molar-refractivity contribution in [1.82, 2.24) is 14.8 Å². The van der Waals surface area contributed by atoms with Gasteiger partial charge in [-0.2, -0.15) is 4.98 Å². The van der Waals surface area contributed by atoms with Crippen LogP contribution < -0.4 is 10.6 Å². The number of para-hydroxylation sites is 1. The molecule has 2 N–H and O–H groups in total. The molecular weight excluding hydrogens is 506 g/mol. The van der Waals surface area contributed by atoms with E-state index in [9.17, 15) is 9.59 Å². The molecular formula is C28H24ClN5O2S. The first-order valence-corrected chi connectivity index (χ1v) is 13.0. The maximum absolute atomic E-state index is 13.5. The highest BCUT2D eigenvalue weighted by Gasteiger charge is 2.34. The Labute approximate surface area is 224 Å². The summed E-state index contributed by atoms with van der Waals surface area (Å²) in [6.45, 7) is 3.83. The molecule has 1 amide bonds. The highest BCUT2D eigenvalue weighted by Crippen LogP contribution is 2.37. The number of carbonyl (C=O) groups is 2. The Balaban J connectivity index is 1.44. The number of amides is 1. The summed E-state index contributed by atoms with van der Waals surface area (Å²) in [4.78, 5) is 30.8. The number of aromatic nitrogens is 3. The van der Waals surface area contributed by atoms with E-state index in [-0.39, 0.29) is 17.4 Å². The monoisotopic (exact) mass is 529 g/mol. The summed E-state index contributed by atoms with van der Waals surface area (Å²) < 4.78 is 1.69. The molecule has 1 aromatic heterocycles. The molecule has 4 aromatic rings. The first kappa shape index (κ1) is 24.8. The lowest BCUT2D eigenvalue weighted by atomic mass is 9.95. The normalized spacial score (nSPS) is 14.6. The molecule has 1 aliphatic rings. The number of ketones is 1. The van der Waals surface area contributed by atoms with E-state index < -0.39 is 6.04 Å². The smallest absolute Gasteiger partial charge is 0.255 e. The molecule has 1 aliphatic heterocycles. The second-order valence-corrected chi connectivity index (χ2v) is 10.1. The average Bonchev–Trinajstić information content (AvgIpc) is 3.30. The minimum atomic E-state index is -0.535. The minimum absolute atomic E-state index is 0.00258. The van der Waals surface area contributed by atoms with Gasteiger partial charge in [0.25, 0.3) is 5.91 Å². The molecule has 0 unspecified atom stereocenters.